The highest BCUT2D eigenvalue weighted by molar-refractivity contribution is 5.86. The van der Waals surface area contributed by atoms with Crippen molar-refractivity contribution in [3.05, 3.63) is 35.8 Å². The van der Waals surface area contributed by atoms with Gasteiger partial charge in [0.2, 0.25) is 0 Å². The van der Waals surface area contributed by atoms with Gasteiger partial charge in [-0.05, 0) is 38.5 Å². The lowest BCUT2D eigenvalue weighted by atomic mass is 10.0. The molecule has 0 aliphatic rings. The van der Waals surface area contributed by atoms with E-state index in [1.807, 2.05) is 0 Å². The Morgan fingerprint density at radius 1 is 1.39 bits per heavy atom. The molecule has 2 rings (SSSR count). The van der Waals surface area contributed by atoms with Gasteiger partial charge in [-0.2, -0.15) is 0 Å². The zero-order valence-corrected chi connectivity index (χ0v) is 13.1. The number of nitrogens with one attached hydrogen (secondary N) is 2. The molecule has 0 saturated carbocycles. The summed E-state index contributed by atoms with van der Waals surface area (Å²) in [4.78, 5) is 26.0. The molecule has 2 aromatic rings. The number of aromatic nitrogens is 1. The molecule has 0 spiro atoms. The lowest BCUT2D eigenvalue weighted by molar-refractivity contribution is -0.139. The van der Waals surface area contributed by atoms with E-state index in [1.54, 1.807) is 39.1 Å². The van der Waals surface area contributed by atoms with Crippen LogP contribution >= 0.6 is 0 Å². The van der Waals surface area contributed by atoms with Crippen molar-refractivity contribution >= 4 is 23.0 Å². The first-order chi connectivity index (χ1) is 10.7. The van der Waals surface area contributed by atoms with Crippen LogP contribution < -0.4 is 5.32 Å². The van der Waals surface area contributed by atoms with Crippen LogP contribution in [0, 0.1) is 5.82 Å². The van der Waals surface area contributed by atoms with Crippen LogP contribution in [0.5, 0.6) is 0 Å². The van der Waals surface area contributed by atoms with E-state index in [0.29, 0.717) is 16.5 Å². The number of alkyl carbamates (subject to hydrolysis) is 1. The molecular formula is C16H19FN2O4. The largest absolute Gasteiger partial charge is 0.480 e. The van der Waals surface area contributed by atoms with Crippen LogP contribution in [0.1, 0.15) is 26.3 Å². The van der Waals surface area contributed by atoms with Crippen LogP contribution in [0.15, 0.2) is 24.4 Å². The molecule has 1 aromatic carbocycles. The maximum Gasteiger partial charge on any atom is 0.408 e. The third kappa shape index (κ3) is 4.21. The number of halogens is 1. The second kappa shape index (κ2) is 6.28. The van der Waals surface area contributed by atoms with Crippen molar-refractivity contribution in [1.29, 1.82) is 0 Å². The normalized spacial score (nSPS) is 12.9. The zero-order valence-electron chi connectivity index (χ0n) is 13.1. The van der Waals surface area contributed by atoms with Crippen molar-refractivity contribution in [3.63, 3.8) is 0 Å². The average Bonchev–Trinajstić information content (AvgIpc) is 2.80. The second-order valence-electron chi connectivity index (χ2n) is 6.22. The first-order valence-electron chi connectivity index (χ1n) is 7.14. The minimum Gasteiger partial charge on any atom is -0.480 e. The summed E-state index contributed by atoms with van der Waals surface area (Å²) in [5, 5.41) is 11.9. The van der Waals surface area contributed by atoms with Crippen molar-refractivity contribution in [2.45, 2.75) is 38.8 Å². The smallest absolute Gasteiger partial charge is 0.408 e. The molecule has 3 N–H and O–H groups in total. The van der Waals surface area contributed by atoms with Crippen LogP contribution in [0.4, 0.5) is 9.18 Å². The molecule has 1 atom stereocenters. The summed E-state index contributed by atoms with van der Waals surface area (Å²) in [6.45, 7) is 5.03. The van der Waals surface area contributed by atoms with Gasteiger partial charge < -0.3 is 20.1 Å². The third-order valence-electron chi connectivity index (χ3n) is 3.15. The molecule has 124 valence electrons. The Balaban J connectivity index is 2.19. The molecule has 1 amide bonds. The fraction of sp³-hybridized carbons (Fsp3) is 0.375. The standard InChI is InChI=1S/C16H19FN2O4/c1-16(2,3)23-15(22)19-12(14(20)21)7-9-8-18-11-6-4-5-10(17)13(9)11/h4-6,8,12,18H,7H2,1-3H3,(H,19,22)(H,20,21). The number of aliphatic carboxylic acids is 1. The van der Waals surface area contributed by atoms with Gasteiger partial charge in [-0.15, -0.1) is 0 Å². The number of rotatable bonds is 4. The molecule has 0 aliphatic carbocycles. The van der Waals surface area contributed by atoms with Crippen molar-refractivity contribution in [3.8, 4) is 0 Å². The molecule has 1 aromatic heterocycles. The quantitative estimate of drug-likeness (QED) is 0.807. The highest BCUT2D eigenvalue weighted by Gasteiger charge is 2.25. The van der Waals surface area contributed by atoms with Crippen LogP contribution in [0.25, 0.3) is 10.9 Å². The number of hydrogen-bond acceptors (Lipinski definition) is 3. The summed E-state index contributed by atoms with van der Waals surface area (Å²) in [6.07, 6.45) is 0.654. The van der Waals surface area contributed by atoms with Crippen molar-refractivity contribution < 1.29 is 23.8 Å². The molecular weight excluding hydrogens is 303 g/mol. The summed E-state index contributed by atoms with van der Waals surface area (Å²) in [5.74, 6) is -1.67. The summed E-state index contributed by atoms with van der Waals surface area (Å²) >= 11 is 0. The third-order valence-corrected chi connectivity index (χ3v) is 3.15. The van der Waals surface area contributed by atoms with Crippen LogP contribution in [0.2, 0.25) is 0 Å². The van der Waals surface area contributed by atoms with Crippen molar-refractivity contribution in [2.75, 3.05) is 0 Å². The summed E-state index contributed by atoms with van der Waals surface area (Å²) in [7, 11) is 0. The van der Waals surface area contributed by atoms with E-state index in [4.69, 9.17) is 4.74 Å². The van der Waals surface area contributed by atoms with Crippen LogP contribution in [-0.2, 0) is 16.0 Å². The van der Waals surface area contributed by atoms with Crippen molar-refractivity contribution in [2.24, 2.45) is 0 Å². The van der Waals surface area contributed by atoms with Gasteiger partial charge in [0.15, 0.2) is 0 Å². The number of carboxylic acid groups (broad SMARTS) is 1. The van der Waals surface area contributed by atoms with Gasteiger partial charge in [0.05, 0.1) is 0 Å². The molecule has 6 nitrogen and oxygen atoms in total. The highest BCUT2D eigenvalue weighted by atomic mass is 19.1. The lowest BCUT2D eigenvalue weighted by Crippen LogP contribution is -2.44. The van der Waals surface area contributed by atoms with Gasteiger partial charge in [0.25, 0.3) is 0 Å². The number of carbonyl (C=O) groups is 2. The molecule has 0 radical (unpaired) electrons. The molecule has 23 heavy (non-hydrogen) atoms. The lowest BCUT2D eigenvalue weighted by Gasteiger charge is -2.22. The van der Waals surface area contributed by atoms with Gasteiger partial charge in [-0.25, -0.2) is 14.0 Å². The minimum atomic E-state index is -1.22. The van der Waals surface area contributed by atoms with Crippen molar-refractivity contribution in [1.82, 2.24) is 10.3 Å². The molecule has 1 heterocycles. The summed E-state index contributed by atoms with van der Waals surface area (Å²) in [6, 6.07) is 3.34. The number of ether oxygens (including phenoxy) is 1. The number of H-pyrrole nitrogens is 1. The average molecular weight is 322 g/mol. The Morgan fingerprint density at radius 3 is 2.70 bits per heavy atom. The molecule has 1 unspecified atom stereocenters. The monoisotopic (exact) mass is 322 g/mol. The number of carbonyl (C=O) groups excluding carboxylic acids is 1. The number of fused-ring (bicyclic) bond motifs is 1. The number of carboxylic acids is 1. The van der Waals surface area contributed by atoms with E-state index < -0.39 is 29.5 Å². The highest BCUT2D eigenvalue weighted by Crippen LogP contribution is 2.22. The summed E-state index contributed by atoms with van der Waals surface area (Å²) in [5.41, 5.74) is 0.308. The Bertz CT molecular complexity index is 733. The fourth-order valence-electron chi connectivity index (χ4n) is 2.24. The number of amides is 1. The van der Waals surface area contributed by atoms with E-state index in [2.05, 4.69) is 10.3 Å². The predicted molar refractivity (Wildman–Crippen MR) is 82.8 cm³/mol. The van der Waals surface area contributed by atoms with Gasteiger partial charge in [-0.1, -0.05) is 6.07 Å². The molecule has 7 heteroatoms. The maximum absolute atomic E-state index is 13.9. The minimum absolute atomic E-state index is 0.0600. The first kappa shape index (κ1) is 16.8. The number of aromatic amines is 1. The van der Waals surface area contributed by atoms with E-state index >= 15 is 0 Å². The Labute approximate surface area is 132 Å². The second-order valence-corrected chi connectivity index (χ2v) is 6.22. The number of benzene rings is 1. The zero-order chi connectivity index (χ0) is 17.2. The van der Waals surface area contributed by atoms with E-state index in [0.717, 1.165) is 0 Å². The van der Waals surface area contributed by atoms with Crippen LogP contribution in [0.3, 0.4) is 0 Å². The maximum atomic E-state index is 13.9. The topological polar surface area (TPSA) is 91.4 Å². The molecule has 0 bridgehead atoms. The van der Waals surface area contributed by atoms with Crippen LogP contribution in [-0.4, -0.2) is 33.8 Å². The Morgan fingerprint density at radius 2 is 2.09 bits per heavy atom. The first-order valence-corrected chi connectivity index (χ1v) is 7.14. The van der Waals surface area contributed by atoms with E-state index in [9.17, 15) is 19.1 Å². The van der Waals surface area contributed by atoms with E-state index in [1.165, 1.54) is 6.07 Å². The molecule has 0 saturated heterocycles. The summed E-state index contributed by atoms with van der Waals surface area (Å²) < 4.78 is 19.0. The van der Waals surface area contributed by atoms with Gasteiger partial charge in [0.1, 0.15) is 17.5 Å². The predicted octanol–water partition coefficient (Wildman–Crippen LogP) is 2.83. The van der Waals surface area contributed by atoms with Gasteiger partial charge >= 0.3 is 12.1 Å². The fourth-order valence-corrected chi connectivity index (χ4v) is 2.24. The molecule has 0 fully saturated rings. The van der Waals surface area contributed by atoms with Gasteiger partial charge in [-0.3, -0.25) is 0 Å². The van der Waals surface area contributed by atoms with Gasteiger partial charge in [0, 0.05) is 23.5 Å². The molecule has 0 aliphatic heterocycles. The van der Waals surface area contributed by atoms with E-state index in [-0.39, 0.29) is 6.42 Å². The Hall–Kier alpha value is -2.57. The number of hydrogen-bond donors (Lipinski definition) is 3. The SMILES string of the molecule is CC(C)(C)OC(=O)NC(Cc1c[nH]c2cccc(F)c12)C(=O)O. The Kier molecular flexibility index (Phi) is 4.58.